The van der Waals surface area contributed by atoms with E-state index in [2.05, 4.69) is 52.5 Å². The first-order chi connectivity index (χ1) is 15.6. The van der Waals surface area contributed by atoms with Gasteiger partial charge >= 0.3 is 0 Å². The quantitative estimate of drug-likeness (QED) is 0.702. The summed E-state index contributed by atoms with van der Waals surface area (Å²) < 4.78 is 11.2. The van der Waals surface area contributed by atoms with Gasteiger partial charge in [-0.2, -0.15) is 0 Å². The molecule has 0 unspecified atom stereocenters. The number of nitrogens with zero attached hydrogens (tertiary/aromatic N) is 2. The fourth-order valence-electron chi connectivity index (χ4n) is 5.53. The lowest BCUT2D eigenvalue weighted by molar-refractivity contribution is -0.113. The van der Waals surface area contributed by atoms with Crippen LogP contribution in [-0.2, 0) is 14.3 Å². The Balaban J connectivity index is 1.51. The highest BCUT2D eigenvalue weighted by atomic mass is 16.5. The van der Waals surface area contributed by atoms with Gasteiger partial charge in [0, 0.05) is 81.1 Å². The first-order valence-electron chi connectivity index (χ1n) is 12.2. The second kappa shape index (κ2) is 9.41. The van der Waals surface area contributed by atoms with Crippen LogP contribution in [-0.4, -0.2) is 75.0 Å². The largest absolute Gasteiger partial charge is 0.385 e. The Morgan fingerprint density at radius 2 is 1.72 bits per heavy atom. The minimum absolute atomic E-state index is 0.143. The first-order valence-corrected chi connectivity index (χ1v) is 12.2. The molecule has 0 radical (unpaired) electrons. The summed E-state index contributed by atoms with van der Waals surface area (Å²) in [5, 5.41) is 7.11. The van der Waals surface area contributed by atoms with E-state index in [0.29, 0.717) is 12.1 Å². The smallest absolute Gasteiger partial charge is 0.261 e. The highest BCUT2D eigenvalue weighted by molar-refractivity contribution is 6.33. The molecule has 0 spiro atoms. The summed E-state index contributed by atoms with van der Waals surface area (Å²) in [7, 11) is 0. The molecule has 4 heterocycles. The molecule has 4 aliphatic rings. The van der Waals surface area contributed by atoms with Crippen molar-refractivity contribution >= 4 is 22.9 Å². The van der Waals surface area contributed by atoms with Crippen LogP contribution in [0.1, 0.15) is 45.1 Å². The molecule has 1 aromatic rings. The highest BCUT2D eigenvalue weighted by Crippen LogP contribution is 2.42. The number of nitrogens with one attached hydrogen (secondary N) is 2. The van der Waals surface area contributed by atoms with Crippen LogP contribution in [0.4, 0.5) is 11.4 Å². The van der Waals surface area contributed by atoms with E-state index in [-0.39, 0.29) is 11.9 Å². The van der Waals surface area contributed by atoms with Gasteiger partial charge < -0.3 is 25.0 Å². The normalized spacial score (nSPS) is 25.8. The van der Waals surface area contributed by atoms with Gasteiger partial charge in [-0.25, -0.2) is 0 Å². The van der Waals surface area contributed by atoms with E-state index in [1.807, 2.05) is 0 Å². The van der Waals surface area contributed by atoms with Crippen molar-refractivity contribution in [2.24, 2.45) is 0 Å². The molecule has 0 bridgehead atoms. The topological polar surface area (TPSA) is 66.1 Å². The van der Waals surface area contributed by atoms with Crippen LogP contribution in [0.15, 0.2) is 23.9 Å². The molecule has 1 amide bonds. The minimum atomic E-state index is 0.143. The van der Waals surface area contributed by atoms with Gasteiger partial charge in [-0.15, -0.1) is 0 Å². The van der Waals surface area contributed by atoms with Crippen LogP contribution in [0, 0.1) is 0 Å². The molecular formula is C25H36N4O3. The van der Waals surface area contributed by atoms with E-state index in [9.17, 15) is 4.79 Å². The van der Waals surface area contributed by atoms with Gasteiger partial charge in [-0.05, 0) is 57.7 Å². The van der Waals surface area contributed by atoms with E-state index in [1.54, 1.807) is 0 Å². The summed E-state index contributed by atoms with van der Waals surface area (Å²) >= 11 is 0. The van der Waals surface area contributed by atoms with Crippen LogP contribution < -0.4 is 15.5 Å². The molecule has 1 aromatic carbocycles. The lowest BCUT2D eigenvalue weighted by Crippen LogP contribution is -2.49. The molecule has 174 valence electrons. The van der Waals surface area contributed by atoms with Crippen molar-refractivity contribution in [2.75, 3.05) is 56.3 Å². The fourth-order valence-corrected chi connectivity index (χ4v) is 5.53. The SMILES string of the molecule is CC(C)Nc1ccc2c(c1)/C(=C1\CN(C3CCOCC3)CCN1)C(=O)N2C1CCOCC1. The van der Waals surface area contributed by atoms with Crippen molar-refractivity contribution in [3.05, 3.63) is 29.5 Å². The van der Waals surface area contributed by atoms with E-state index < -0.39 is 0 Å². The fraction of sp³-hybridized carbons (Fsp3) is 0.640. The number of anilines is 2. The summed E-state index contributed by atoms with van der Waals surface area (Å²) in [6.07, 6.45) is 3.93. The predicted molar refractivity (Wildman–Crippen MR) is 127 cm³/mol. The van der Waals surface area contributed by atoms with Crippen molar-refractivity contribution in [1.29, 1.82) is 0 Å². The Hall–Kier alpha value is -2.09. The second-order valence-corrected chi connectivity index (χ2v) is 9.64. The van der Waals surface area contributed by atoms with Gasteiger partial charge in [-0.1, -0.05) is 0 Å². The number of carbonyl (C=O) groups excluding carboxylic acids is 1. The number of amides is 1. The molecular weight excluding hydrogens is 404 g/mol. The lowest BCUT2D eigenvalue weighted by Gasteiger charge is -2.38. The molecule has 0 aromatic heterocycles. The minimum Gasteiger partial charge on any atom is -0.385 e. The summed E-state index contributed by atoms with van der Waals surface area (Å²) in [4.78, 5) is 18.5. The third-order valence-electron chi connectivity index (χ3n) is 7.08. The number of carbonyl (C=O) groups is 1. The molecule has 3 saturated heterocycles. The lowest BCUT2D eigenvalue weighted by atomic mass is 10.0. The Labute approximate surface area is 191 Å². The Kier molecular flexibility index (Phi) is 6.40. The molecule has 0 atom stereocenters. The molecule has 7 heteroatoms. The molecule has 4 aliphatic heterocycles. The number of rotatable bonds is 4. The summed E-state index contributed by atoms with van der Waals surface area (Å²) in [5.74, 6) is 0.143. The first kappa shape index (κ1) is 21.7. The van der Waals surface area contributed by atoms with Crippen molar-refractivity contribution in [3.63, 3.8) is 0 Å². The van der Waals surface area contributed by atoms with Crippen molar-refractivity contribution in [1.82, 2.24) is 10.2 Å². The van der Waals surface area contributed by atoms with Gasteiger partial charge in [0.2, 0.25) is 0 Å². The van der Waals surface area contributed by atoms with E-state index in [0.717, 1.165) is 100.0 Å². The van der Waals surface area contributed by atoms with Crippen molar-refractivity contribution in [3.8, 4) is 0 Å². The zero-order valence-corrected chi connectivity index (χ0v) is 19.4. The zero-order valence-electron chi connectivity index (χ0n) is 19.4. The average Bonchev–Trinajstić information content (AvgIpc) is 3.11. The molecule has 0 saturated carbocycles. The van der Waals surface area contributed by atoms with Crippen LogP contribution in [0.25, 0.3) is 5.57 Å². The van der Waals surface area contributed by atoms with Gasteiger partial charge in [0.25, 0.3) is 5.91 Å². The molecule has 5 rings (SSSR count). The molecule has 32 heavy (non-hydrogen) atoms. The van der Waals surface area contributed by atoms with E-state index in [1.165, 1.54) is 0 Å². The van der Waals surface area contributed by atoms with Gasteiger partial charge in [0.05, 0.1) is 11.3 Å². The summed E-state index contributed by atoms with van der Waals surface area (Å²) in [6.45, 7) is 10.1. The van der Waals surface area contributed by atoms with Gasteiger partial charge in [0.1, 0.15) is 0 Å². The summed E-state index contributed by atoms with van der Waals surface area (Å²) in [6, 6.07) is 7.48. The molecule has 0 aliphatic carbocycles. The Morgan fingerprint density at radius 1 is 1.03 bits per heavy atom. The standard InChI is InChI=1S/C25H36N4O3/c1-17(2)27-18-3-4-23-21(15-18)24(25(30)29(23)20-7-13-32-14-8-20)22-16-28(10-9-26-22)19-5-11-31-12-6-19/h3-4,15,17,19-20,26-27H,5-14,16H2,1-2H3/b24-22-. The van der Waals surface area contributed by atoms with Crippen LogP contribution >= 0.6 is 0 Å². The van der Waals surface area contributed by atoms with Crippen LogP contribution in [0.2, 0.25) is 0 Å². The van der Waals surface area contributed by atoms with Crippen LogP contribution in [0.3, 0.4) is 0 Å². The maximum atomic E-state index is 13.9. The highest BCUT2D eigenvalue weighted by Gasteiger charge is 2.40. The maximum absolute atomic E-state index is 13.9. The maximum Gasteiger partial charge on any atom is 0.261 e. The van der Waals surface area contributed by atoms with Crippen LogP contribution in [0.5, 0.6) is 0 Å². The Bertz CT molecular complexity index is 872. The number of ether oxygens (including phenoxy) is 2. The number of piperazine rings is 1. The molecule has 3 fully saturated rings. The van der Waals surface area contributed by atoms with Gasteiger partial charge in [-0.3, -0.25) is 9.69 Å². The van der Waals surface area contributed by atoms with Gasteiger partial charge in [0.15, 0.2) is 0 Å². The number of hydrogen-bond acceptors (Lipinski definition) is 6. The molecule has 7 nitrogen and oxygen atoms in total. The third-order valence-corrected chi connectivity index (χ3v) is 7.08. The zero-order chi connectivity index (χ0) is 22.1. The predicted octanol–water partition coefficient (Wildman–Crippen LogP) is 2.83. The Morgan fingerprint density at radius 3 is 2.41 bits per heavy atom. The molecule has 2 N–H and O–H groups in total. The monoisotopic (exact) mass is 440 g/mol. The van der Waals surface area contributed by atoms with E-state index >= 15 is 0 Å². The summed E-state index contributed by atoms with van der Waals surface area (Å²) in [5.41, 5.74) is 5.10. The van der Waals surface area contributed by atoms with E-state index in [4.69, 9.17) is 9.47 Å². The number of fused-ring (bicyclic) bond motifs is 1. The number of hydrogen-bond donors (Lipinski definition) is 2. The van der Waals surface area contributed by atoms with Crippen molar-refractivity contribution < 1.29 is 14.3 Å². The average molecular weight is 441 g/mol. The third kappa shape index (κ3) is 4.26. The second-order valence-electron chi connectivity index (χ2n) is 9.64. The number of benzene rings is 1. The van der Waals surface area contributed by atoms with Crippen molar-refractivity contribution in [2.45, 2.75) is 57.7 Å².